The zero-order valence-electron chi connectivity index (χ0n) is 16.1. The van der Waals surface area contributed by atoms with Crippen molar-refractivity contribution in [3.63, 3.8) is 0 Å². The standard InChI is InChI=1S/C23H24Cl2N2O/c1-3-17(2)27(23(28)21-12-11-19(24)14-22(21)25)16-20-10-7-13-26(20)15-18-8-5-4-6-9-18/h4-14,17H,3,15-16H2,1-2H3/t17-/m0/s1. The molecule has 0 aliphatic rings. The number of rotatable bonds is 7. The van der Waals surface area contributed by atoms with Gasteiger partial charge in [0, 0.05) is 29.5 Å². The highest BCUT2D eigenvalue weighted by Crippen LogP contribution is 2.24. The quantitative estimate of drug-likeness (QED) is 0.446. The van der Waals surface area contributed by atoms with Gasteiger partial charge in [-0.25, -0.2) is 0 Å². The molecule has 3 nitrogen and oxygen atoms in total. The zero-order chi connectivity index (χ0) is 20.1. The molecular formula is C23H24Cl2N2O. The van der Waals surface area contributed by atoms with Gasteiger partial charge in [0.1, 0.15) is 0 Å². The summed E-state index contributed by atoms with van der Waals surface area (Å²) in [5, 5.41) is 0.902. The van der Waals surface area contributed by atoms with Gasteiger partial charge >= 0.3 is 0 Å². The van der Waals surface area contributed by atoms with Crippen LogP contribution >= 0.6 is 23.2 Å². The topological polar surface area (TPSA) is 25.2 Å². The Hall–Kier alpha value is -2.23. The van der Waals surface area contributed by atoms with E-state index >= 15 is 0 Å². The first-order valence-corrected chi connectivity index (χ1v) is 10.2. The van der Waals surface area contributed by atoms with Crippen LogP contribution in [0.25, 0.3) is 0 Å². The molecule has 0 aliphatic heterocycles. The molecule has 0 aliphatic carbocycles. The molecule has 28 heavy (non-hydrogen) atoms. The second-order valence-electron chi connectivity index (χ2n) is 6.93. The van der Waals surface area contributed by atoms with Crippen LogP contribution in [0.15, 0.2) is 66.9 Å². The number of hydrogen-bond acceptors (Lipinski definition) is 1. The fourth-order valence-electron chi connectivity index (χ4n) is 3.17. The van der Waals surface area contributed by atoms with Gasteiger partial charge in [0.05, 0.1) is 17.1 Å². The molecule has 0 N–H and O–H groups in total. The molecule has 0 spiro atoms. The lowest BCUT2D eigenvalue weighted by atomic mass is 10.1. The second-order valence-corrected chi connectivity index (χ2v) is 7.77. The van der Waals surface area contributed by atoms with Gasteiger partial charge in [-0.05, 0) is 49.2 Å². The van der Waals surface area contributed by atoms with Crippen LogP contribution in [-0.4, -0.2) is 21.4 Å². The van der Waals surface area contributed by atoms with Crippen molar-refractivity contribution in [1.82, 2.24) is 9.47 Å². The fraction of sp³-hybridized carbons (Fsp3) is 0.261. The Balaban J connectivity index is 1.86. The number of amides is 1. The number of aromatic nitrogens is 1. The molecule has 0 radical (unpaired) electrons. The molecule has 0 saturated carbocycles. The average molecular weight is 415 g/mol. The minimum Gasteiger partial charge on any atom is -0.345 e. The summed E-state index contributed by atoms with van der Waals surface area (Å²) in [6.45, 7) is 5.43. The fourth-order valence-corrected chi connectivity index (χ4v) is 3.66. The molecule has 3 rings (SSSR count). The molecule has 3 aromatic rings. The van der Waals surface area contributed by atoms with Crippen LogP contribution in [0.2, 0.25) is 10.0 Å². The van der Waals surface area contributed by atoms with Crippen LogP contribution in [0.3, 0.4) is 0 Å². The lowest BCUT2D eigenvalue weighted by molar-refractivity contribution is 0.0667. The van der Waals surface area contributed by atoms with Crippen molar-refractivity contribution in [3.8, 4) is 0 Å². The van der Waals surface area contributed by atoms with Crippen molar-refractivity contribution in [1.29, 1.82) is 0 Å². The first-order valence-electron chi connectivity index (χ1n) is 9.43. The third-order valence-corrected chi connectivity index (χ3v) is 5.54. The normalized spacial score (nSPS) is 12.0. The molecule has 0 saturated heterocycles. The van der Waals surface area contributed by atoms with E-state index < -0.39 is 0 Å². The van der Waals surface area contributed by atoms with Gasteiger partial charge in [0.2, 0.25) is 0 Å². The van der Waals surface area contributed by atoms with E-state index in [-0.39, 0.29) is 11.9 Å². The molecule has 146 valence electrons. The third-order valence-electron chi connectivity index (χ3n) is 5.00. The average Bonchev–Trinajstić information content (AvgIpc) is 3.12. The monoisotopic (exact) mass is 414 g/mol. The van der Waals surface area contributed by atoms with Gasteiger partial charge in [-0.1, -0.05) is 60.5 Å². The summed E-state index contributed by atoms with van der Waals surface area (Å²) in [7, 11) is 0. The molecule has 0 unspecified atom stereocenters. The highest BCUT2D eigenvalue weighted by atomic mass is 35.5. The largest absolute Gasteiger partial charge is 0.345 e. The molecule has 1 atom stereocenters. The Morgan fingerprint density at radius 2 is 1.82 bits per heavy atom. The van der Waals surface area contributed by atoms with E-state index in [1.165, 1.54) is 5.56 Å². The molecule has 0 fully saturated rings. The number of nitrogens with zero attached hydrogens (tertiary/aromatic N) is 2. The summed E-state index contributed by atoms with van der Waals surface area (Å²) in [6, 6.07) is 19.5. The van der Waals surface area contributed by atoms with Crippen LogP contribution in [0.4, 0.5) is 0 Å². The predicted molar refractivity (Wildman–Crippen MR) is 116 cm³/mol. The molecule has 5 heteroatoms. The minimum absolute atomic E-state index is 0.0801. The number of benzene rings is 2. The third kappa shape index (κ3) is 4.78. The van der Waals surface area contributed by atoms with Gasteiger partial charge < -0.3 is 9.47 Å². The van der Waals surface area contributed by atoms with Crippen molar-refractivity contribution in [2.45, 2.75) is 39.4 Å². The van der Waals surface area contributed by atoms with Gasteiger partial charge in [0.15, 0.2) is 0 Å². The van der Waals surface area contributed by atoms with E-state index in [2.05, 4.69) is 42.8 Å². The van der Waals surface area contributed by atoms with Crippen molar-refractivity contribution in [2.75, 3.05) is 0 Å². The number of carbonyl (C=O) groups is 1. The highest BCUT2D eigenvalue weighted by Gasteiger charge is 2.23. The summed E-state index contributed by atoms with van der Waals surface area (Å²) >= 11 is 12.3. The summed E-state index contributed by atoms with van der Waals surface area (Å²) in [6.07, 6.45) is 2.91. The highest BCUT2D eigenvalue weighted by molar-refractivity contribution is 6.36. The molecule has 1 amide bonds. The van der Waals surface area contributed by atoms with Gasteiger partial charge in [0.25, 0.3) is 5.91 Å². The Morgan fingerprint density at radius 3 is 2.50 bits per heavy atom. The maximum absolute atomic E-state index is 13.3. The van der Waals surface area contributed by atoms with E-state index in [1.54, 1.807) is 18.2 Å². The maximum Gasteiger partial charge on any atom is 0.255 e. The molecule has 2 aromatic carbocycles. The summed E-state index contributed by atoms with van der Waals surface area (Å²) < 4.78 is 2.18. The van der Waals surface area contributed by atoms with Gasteiger partial charge in [-0.3, -0.25) is 4.79 Å². The molecular weight excluding hydrogens is 391 g/mol. The van der Waals surface area contributed by atoms with Crippen molar-refractivity contribution in [3.05, 3.63) is 93.7 Å². The van der Waals surface area contributed by atoms with Gasteiger partial charge in [-0.2, -0.15) is 0 Å². The van der Waals surface area contributed by atoms with Crippen LogP contribution in [-0.2, 0) is 13.1 Å². The number of carbonyl (C=O) groups excluding carboxylic acids is 1. The summed E-state index contributed by atoms with van der Waals surface area (Å²) in [5.74, 6) is -0.0801. The first kappa shape index (κ1) is 20.5. The Kier molecular flexibility index (Phi) is 6.82. The minimum atomic E-state index is -0.0801. The number of halogens is 2. The van der Waals surface area contributed by atoms with Crippen molar-refractivity contribution >= 4 is 29.1 Å². The second kappa shape index (κ2) is 9.31. The lowest BCUT2D eigenvalue weighted by Crippen LogP contribution is -2.38. The van der Waals surface area contributed by atoms with Crippen LogP contribution in [0, 0.1) is 0 Å². The van der Waals surface area contributed by atoms with E-state index in [4.69, 9.17) is 23.2 Å². The van der Waals surface area contributed by atoms with E-state index in [0.717, 1.165) is 18.7 Å². The van der Waals surface area contributed by atoms with Crippen LogP contribution < -0.4 is 0 Å². The van der Waals surface area contributed by atoms with Crippen LogP contribution in [0.5, 0.6) is 0 Å². The van der Waals surface area contributed by atoms with Crippen molar-refractivity contribution < 1.29 is 4.79 Å². The van der Waals surface area contributed by atoms with E-state index in [1.807, 2.05) is 29.2 Å². The van der Waals surface area contributed by atoms with Gasteiger partial charge in [-0.15, -0.1) is 0 Å². The molecule has 1 aromatic heterocycles. The zero-order valence-corrected chi connectivity index (χ0v) is 17.6. The smallest absolute Gasteiger partial charge is 0.255 e. The SMILES string of the molecule is CC[C@H](C)N(Cc1cccn1Cc1ccccc1)C(=O)c1ccc(Cl)cc1Cl. The molecule has 0 bridgehead atoms. The summed E-state index contributed by atoms with van der Waals surface area (Å²) in [4.78, 5) is 15.1. The van der Waals surface area contributed by atoms with E-state index in [9.17, 15) is 4.79 Å². The summed E-state index contributed by atoms with van der Waals surface area (Å²) in [5.41, 5.74) is 2.79. The Morgan fingerprint density at radius 1 is 1.07 bits per heavy atom. The number of hydrogen-bond donors (Lipinski definition) is 0. The Bertz CT molecular complexity index is 937. The predicted octanol–water partition coefficient (Wildman–Crippen LogP) is 6.28. The first-order chi connectivity index (χ1) is 13.5. The van der Waals surface area contributed by atoms with Crippen molar-refractivity contribution in [2.24, 2.45) is 0 Å². The maximum atomic E-state index is 13.3. The lowest BCUT2D eigenvalue weighted by Gasteiger charge is -2.29. The van der Waals surface area contributed by atoms with Crippen LogP contribution in [0.1, 0.15) is 41.9 Å². The van der Waals surface area contributed by atoms with E-state index in [0.29, 0.717) is 22.2 Å². The molecule has 1 heterocycles. The Labute approximate surface area is 176 Å².